The van der Waals surface area contributed by atoms with Crippen LogP contribution in [-0.4, -0.2) is 17.4 Å². The summed E-state index contributed by atoms with van der Waals surface area (Å²) in [6, 6.07) is 4.67. The zero-order valence-corrected chi connectivity index (χ0v) is 21.6. The fourth-order valence-corrected chi connectivity index (χ4v) is 3.45. The van der Waals surface area contributed by atoms with E-state index in [0.29, 0.717) is 17.7 Å². The summed E-state index contributed by atoms with van der Waals surface area (Å²) >= 11 is 0. The van der Waals surface area contributed by atoms with Crippen LogP contribution in [0.2, 0.25) is 0 Å². The van der Waals surface area contributed by atoms with Gasteiger partial charge in [0.2, 0.25) is 0 Å². The van der Waals surface area contributed by atoms with Gasteiger partial charge in [-0.25, -0.2) is 0 Å². The van der Waals surface area contributed by atoms with Crippen LogP contribution in [0.3, 0.4) is 0 Å². The Morgan fingerprint density at radius 1 is 0.963 bits per heavy atom. The Kier molecular flexibility index (Phi) is 11.7. The van der Waals surface area contributed by atoms with E-state index in [1.807, 2.05) is 6.21 Å². The molecule has 0 aliphatic heterocycles. The second-order valence-corrected chi connectivity index (χ2v) is 9.57. The fraction of sp³-hybridized carbons (Fsp3) is 0.625. The Morgan fingerprint density at radius 3 is 2.00 bits per heavy atom. The molecule has 1 aliphatic carbocycles. The van der Waals surface area contributed by atoms with E-state index in [1.54, 1.807) is 0 Å². The van der Waals surface area contributed by atoms with E-state index in [0.717, 1.165) is 11.1 Å². The van der Waals surface area contributed by atoms with Crippen molar-refractivity contribution in [1.29, 1.82) is 0 Å². The van der Waals surface area contributed by atoms with Gasteiger partial charge in [-0.05, 0) is 41.2 Å². The Morgan fingerprint density at radius 2 is 1.52 bits per heavy atom. The molecule has 27 heavy (non-hydrogen) atoms. The molecule has 0 bridgehead atoms. The van der Waals surface area contributed by atoms with Crippen molar-refractivity contribution in [3.63, 3.8) is 0 Å². The Balaban J connectivity index is 0. The Bertz CT molecular complexity index is 608. The minimum atomic E-state index is -0.0912. The van der Waals surface area contributed by atoms with Crippen molar-refractivity contribution in [2.75, 3.05) is 0 Å². The van der Waals surface area contributed by atoms with Gasteiger partial charge in [-0.2, -0.15) is 0 Å². The second kappa shape index (κ2) is 10.9. The topological polar surface area (TPSA) is 32.6 Å². The molecule has 0 amide bonds. The molecule has 3 heteroatoms. The standard InChI is InChI=1S/C22H35NO.2CH3.Zr/c1-15-10-8-9-11-19(15)23-14-16-12-17(21(2,3)4)13-18(20(16)24)22(5,6)7;;;/h12-15,19,24H,8-11H2,1-7H3;2*1H3;/q;2*-1;+2. The summed E-state index contributed by atoms with van der Waals surface area (Å²) < 4.78 is 0. The van der Waals surface area contributed by atoms with Gasteiger partial charge in [0.05, 0.1) is 6.04 Å². The van der Waals surface area contributed by atoms with Gasteiger partial charge in [-0.15, -0.1) is 0 Å². The number of aromatic hydroxyl groups is 1. The smallest absolute Gasteiger partial charge is 0.507 e. The summed E-state index contributed by atoms with van der Waals surface area (Å²) in [5.74, 6) is 1.03. The summed E-state index contributed by atoms with van der Waals surface area (Å²) in [7, 11) is 0. The molecule has 1 aromatic rings. The predicted molar refractivity (Wildman–Crippen MR) is 117 cm³/mol. The third kappa shape index (κ3) is 7.48. The van der Waals surface area contributed by atoms with Crippen LogP contribution in [0.1, 0.15) is 90.8 Å². The molecular weight excluding hydrogens is 409 g/mol. The molecule has 1 saturated carbocycles. The molecule has 0 spiro atoms. The molecule has 0 aromatic heterocycles. The SMILES string of the molecule is CC1CCCCC1N=Cc1cc(C(C)(C)C)cc(C(C)(C)C)c1O.[CH3-].[CH3-].[Zr+2]. The molecule has 2 unspecified atom stereocenters. The molecule has 0 radical (unpaired) electrons. The zero-order chi connectivity index (χ0) is 18.1. The van der Waals surface area contributed by atoms with Crippen LogP contribution < -0.4 is 0 Å². The van der Waals surface area contributed by atoms with E-state index >= 15 is 0 Å². The van der Waals surface area contributed by atoms with Crippen LogP contribution in [-0.2, 0) is 37.0 Å². The van der Waals surface area contributed by atoms with E-state index in [9.17, 15) is 5.11 Å². The summed E-state index contributed by atoms with van der Waals surface area (Å²) in [6.07, 6.45) is 6.96. The van der Waals surface area contributed by atoms with Gasteiger partial charge in [0.25, 0.3) is 0 Å². The summed E-state index contributed by atoms with van der Waals surface area (Å²) in [4.78, 5) is 4.86. The molecule has 1 aromatic carbocycles. The molecule has 152 valence electrons. The third-order valence-corrected chi connectivity index (χ3v) is 5.28. The van der Waals surface area contributed by atoms with Crippen LogP contribution in [0, 0.1) is 20.8 Å². The first-order valence-corrected chi connectivity index (χ1v) is 9.41. The minimum Gasteiger partial charge on any atom is -0.507 e. The third-order valence-electron chi connectivity index (χ3n) is 5.28. The summed E-state index contributed by atoms with van der Waals surface area (Å²) in [5, 5.41) is 10.8. The number of phenolic OH excluding ortho intramolecular Hbond substituents is 1. The van der Waals surface area contributed by atoms with Crippen molar-refractivity contribution in [2.24, 2.45) is 10.9 Å². The number of hydrogen-bond acceptors (Lipinski definition) is 2. The van der Waals surface area contributed by atoms with Crippen LogP contribution in [0.5, 0.6) is 5.75 Å². The van der Waals surface area contributed by atoms with Gasteiger partial charge < -0.3 is 20.0 Å². The molecule has 0 heterocycles. The van der Waals surface area contributed by atoms with E-state index in [-0.39, 0.29) is 51.9 Å². The van der Waals surface area contributed by atoms with Gasteiger partial charge in [-0.3, -0.25) is 4.99 Å². The second-order valence-electron chi connectivity index (χ2n) is 9.57. The van der Waals surface area contributed by atoms with Crippen molar-refractivity contribution in [1.82, 2.24) is 0 Å². The maximum absolute atomic E-state index is 10.8. The van der Waals surface area contributed by atoms with Crippen molar-refractivity contribution in [2.45, 2.75) is 91.0 Å². The average molecular weight is 451 g/mol. The molecule has 2 rings (SSSR count). The van der Waals surface area contributed by atoms with E-state index < -0.39 is 0 Å². The molecule has 1 fully saturated rings. The number of nitrogens with zero attached hydrogens (tertiary/aromatic N) is 1. The van der Waals surface area contributed by atoms with Crippen LogP contribution in [0.4, 0.5) is 0 Å². The zero-order valence-electron chi connectivity index (χ0n) is 19.1. The van der Waals surface area contributed by atoms with E-state index in [2.05, 4.69) is 60.6 Å². The molecule has 1 aliphatic rings. The van der Waals surface area contributed by atoms with E-state index in [1.165, 1.54) is 31.2 Å². The average Bonchev–Trinajstić information content (AvgIpc) is 2.45. The largest absolute Gasteiger partial charge is 2.00 e. The first-order chi connectivity index (χ1) is 11.0. The van der Waals surface area contributed by atoms with Crippen LogP contribution in [0.15, 0.2) is 17.1 Å². The van der Waals surface area contributed by atoms with Gasteiger partial charge >= 0.3 is 26.2 Å². The van der Waals surface area contributed by atoms with Crippen molar-refractivity contribution in [3.05, 3.63) is 43.7 Å². The van der Waals surface area contributed by atoms with Gasteiger partial charge in [0.1, 0.15) is 5.75 Å². The Hall–Kier alpha value is -0.427. The number of phenols is 1. The fourth-order valence-electron chi connectivity index (χ4n) is 3.45. The monoisotopic (exact) mass is 449 g/mol. The molecule has 1 N–H and O–H groups in total. The van der Waals surface area contributed by atoms with Gasteiger partial charge in [0.15, 0.2) is 0 Å². The predicted octanol–water partition coefficient (Wildman–Crippen LogP) is 6.88. The minimum absolute atomic E-state index is 0. The number of benzene rings is 1. The molecule has 0 saturated heterocycles. The first kappa shape index (κ1) is 28.8. The van der Waals surface area contributed by atoms with Crippen molar-refractivity contribution >= 4 is 6.21 Å². The van der Waals surface area contributed by atoms with Gasteiger partial charge in [-0.1, -0.05) is 67.4 Å². The number of rotatable bonds is 2. The molecule has 2 atom stereocenters. The first-order valence-electron chi connectivity index (χ1n) is 9.41. The normalized spacial score (nSPS) is 20.4. The molecule has 2 nitrogen and oxygen atoms in total. The maximum atomic E-state index is 10.8. The van der Waals surface area contributed by atoms with Gasteiger partial charge in [0, 0.05) is 17.3 Å². The maximum Gasteiger partial charge on any atom is 2.00 e. The Labute approximate surface area is 188 Å². The quantitative estimate of drug-likeness (QED) is 0.386. The van der Waals surface area contributed by atoms with Crippen molar-refractivity contribution in [3.8, 4) is 5.75 Å². The molecular formula is C24H41NOZr. The summed E-state index contributed by atoms with van der Waals surface area (Å²) in [6.45, 7) is 15.4. The van der Waals surface area contributed by atoms with Crippen LogP contribution >= 0.6 is 0 Å². The summed E-state index contributed by atoms with van der Waals surface area (Å²) in [5.41, 5.74) is 3.09. The van der Waals surface area contributed by atoms with Crippen LogP contribution in [0.25, 0.3) is 0 Å². The van der Waals surface area contributed by atoms with Crippen molar-refractivity contribution < 1.29 is 31.3 Å². The number of aliphatic imine (C=N–C) groups is 1. The number of hydrogen-bond donors (Lipinski definition) is 1. The van der Waals surface area contributed by atoms with E-state index in [4.69, 9.17) is 4.99 Å².